The van der Waals surface area contributed by atoms with Gasteiger partial charge in [-0.1, -0.05) is 57.4 Å². The number of rotatable bonds is 9. The Morgan fingerprint density at radius 2 is 1.85 bits per heavy atom. The van der Waals surface area contributed by atoms with Gasteiger partial charge < -0.3 is 10.4 Å². The molecule has 1 aromatic rings. The minimum absolute atomic E-state index is 0.113. The lowest BCUT2D eigenvalue weighted by Crippen LogP contribution is -2.15. The van der Waals surface area contributed by atoms with Crippen molar-refractivity contribution in [2.75, 3.05) is 11.9 Å². The Morgan fingerprint density at radius 3 is 2.52 bits per heavy atom. The van der Waals surface area contributed by atoms with E-state index in [1.165, 1.54) is 50.7 Å². The molecular formula is C21H30F3NO2. The van der Waals surface area contributed by atoms with E-state index in [0.717, 1.165) is 31.2 Å². The first kappa shape index (κ1) is 21.7. The number of nitrogens with one attached hydrogen (secondary N) is 1. The van der Waals surface area contributed by atoms with Crippen LogP contribution in [0.25, 0.3) is 0 Å². The molecule has 1 amide bonds. The summed E-state index contributed by atoms with van der Waals surface area (Å²) in [5.41, 5.74) is -0.293. The molecular weight excluding hydrogens is 355 g/mol. The van der Waals surface area contributed by atoms with Crippen molar-refractivity contribution in [2.24, 2.45) is 5.92 Å². The molecule has 2 rings (SSSR count). The molecule has 27 heavy (non-hydrogen) atoms. The number of aliphatic hydroxyl groups excluding tert-OH is 1. The number of anilines is 1. The lowest BCUT2D eigenvalue weighted by Gasteiger charge is -2.21. The average molecular weight is 385 g/mol. The molecule has 1 aromatic carbocycles. The van der Waals surface area contributed by atoms with Gasteiger partial charge >= 0.3 is 6.18 Å². The van der Waals surface area contributed by atoms with E-state index in [1.807, 2.05) is 0 Å². The van der Waals surface area contributed by atoms with Crippen LogP contribution < -0.4 is 5.32 Å². The highest BCUT2D eigenvalue weighted by atomic mass is 19.4. The van der Waals surface area contributed by atoms with Crippen LogP contribution in [0, 0.1) is 5.92 Å². The second-order valence-electron chi connectivity index (χ2n) is 7.49. The summed E-state index contributed by atoms with van der Waals surface area (Å²) in [6.45, 7) is -0.336. The molecule has 3 nitrogen and oxygen atoms in total. The van der Waals surface area contributed by atoms with Crippen molar-refractivity contribution in [2.45, 2.75) is 76.8 Å². The summed E-state index contributed by atoms with van der Waals surface area (Å²) in [6.07, 6.45) is 6.37. The maximum absolute atomic E-state index is 13.4. The van der Waals surface area contributed by atoms with Gasteiger partial charge in [-0.15, -0.1) is 0 Å². The van der Waals surface area contributed by atoms with Gasteiger partial charge in [-0.3, -0.25) is 4.79 Å². The van der Waals surface area contributed by atoms with Crippen LogP contribution in [-0.4, -0.2) is 17.6 Å². The molecule has 0 aromatic heterocycles. The Balaban J connectivity index is 1.87. The molecule has 1 fully saturated rings. The Labute approximate surface area is 159 Å². The molecule has 0 aliphatic heterocycles. The minimum Gasteiger partial charge on any atom is -0.396 e. The Hall–Kier alpha value is -1.56. The van der Waals surface area contributed by atoms with Gasteiger partial charge in [0.25, 0.3) is 0 Å². The van der Waals surface area contributed by atoms with Crippen molar-refractivity contribution in [3.8, 4) is 0 Å². The van der Waals surface area contributed by atoms with Crippen molar-refractivity contribution in [3.05, 3.63) is 29.3 Å². The maximum Gasteiger partial charge on any atom is 0.416 e. The number of hydrogen-bond acceptors (Lipinski definition) is 2. The van der Waals surface area contributed by atoms with Crippen LogP contribution in [-0.2, 0) is 17.4 Å². The largest absolute Gasteiger partial charge is 0.416 e. The third kappa shape index (κ3) is 7.53. The van der Waals surface area contributed by atoms with E-state index in [0.29, 0.717) is 6.42 Å². The van der Waals surface area contributed by atoms with Crippen LogP contribution in [0.15, 0.2) is 18.2 Å². The van der Waals surface area contributed by atoms with Crippen LogP contribution in [0.2, 0.25) is 0 Å². The van der Waals surface area contributed by atoms with Gasteiger partial charge in [-0.2, -0.15) is 13.2 Å². The van der Waals surface area contributed by atoms with E-state index >= 15 is 0 Å². The topological polar surface area (TPSA) is 49.3 Å². The summed E-state index contributed by atoms with van der Waals surface area (Å²) >= 11 is 0. The van der Waals surface area contributed by atoms with Crippen molar-refractivity contribution in [1.29, 1.82) is 0 Å². The van der Waals surface area contributed by atoms with E-state index in [9.17, 15) is 18.0 Å². The average Bonchev–Trinajstić information content (AvgIpc) is 2.62. The SMILES string of the molecule is O=C(CCO)Nc1ccc(CCCCCC2CCCCC2)c(C(F)(F)F)c1. The third-order valence-corrected chi connectivity index (χ3v) is 5.32. The summed E-state index contributed by atoms with van der Waals surface area (Å²) in [5, 5.41) is 11.1. The smallest absolute Gasteiger partial charge is 0.396 e. The second-order valence-corrected chi connectivity index (χ2v) is 7.49. The highest BCUT2D eigenvalue weighted by Gasteiger charge is 2.33. The quantitative estimate of drug-likeness (QED) is 0.535. The summed E-state index contributed by atoms with van der Waals surface area (Å²) in [5.74, 6) is 0.312. The number of aryl methyl sites for hydroxylation is 1. The second kappa shape index (κ2) is 10.7. The number of unbranched alkanes of at least 4 members (excludes halogenated alkanes) is 2. The molecule has 0 unspecified atom stereocenters. The minimum atomic E-state index is -4.45. The van der Waals surface area contributed by atoms with Crippen LogP contribution in [0.5, 0.6) is 0 Å². The van der Waals surface area contributed by atoms with Crippen LogP contribution in [0.1, 0.15) is 75.3 Å². The van der Waals surface area contributed by atoms with Crippen LogP contribution in [0.3, 0.4) is 0 Å². The summed E-state index contributed by atoms with van der Waals surface area (Å²) in [7, 11) is 0. The highest BCUT2D eigenvalue weighted by molar-refractivity contribution is 5.90. The van der Waals surface area contributed by atoms with Crippen LogP contribution in [0.4, 0.5) is 18.9 Å². The summed E-state index contributed by atoms with van der Waals surface area (Å²) in [6, 6.07) is 3.95. The van der Waals surface area contributed by atoms with E-state index in [1.54, 1.807) is 0 Å². The van der Waals surface area contributed by atoms with E-state index in [2.05, 4.69) is 5.32 Å². The number of amides is 1. The molecule has 0 spiro atoms. The molecule has 1 aliphatic rings. The zero-order valence-corrected chi connectivity index (χ0v) is 15.8. The van der Waals surface area contributed by atoms with Gasteiger partial charge in [-0.25, -0.2) is 0 Å². The fourth-order valence-electron chi connectivity index (χ4n) is 3.86. The highest BCUT2D eigenvalue weighted by Crippen LogP contribution is 2.35. The molecule has 6 heteroatoms. The molecule has 0 bridgehead atoms. The molecule has 1 aliphatic carbocycles. The third-order valence-electron chi connectivity index (χ3n) is 5.32. The van der Waals surface area contributed by atoms with Gasteiger partial charge in [-0.05, 0) is 36.5 Å². The first-order chi connectivity index (χ1) is 12.9. The lowest BCUT2D eigenvalue weighted by atomic mass is 9.85. The normalized spacial score (nSPS) is 15.7. The molecule has 152 valence electrons. The van der Waals surface area contributed by atoms with Gasteiger partial charge in [0.05, 0.1) is 18.6 Å². The predicted molar refractivity (Wildman–Crippen MR) is 101 cm³/mol. The van der Waals surface area contributed by atoms with Gasteiger partial charge in [0, 0.05) is 5.69 Å². The Kier molecular flexibility index (Phi) is 8.61. The summed E-state index contributed by atoms with van der Waals surface area (Å²) in [4.78, 5) is 11.5. The molecule has 0 saturated heterocycles. The Bertz CT molecular complexity index is 596. The van der Waals surface area contributed by atoms with Crippen molar-refractivity contribution in [3.63, 3.8) is 0 Å². The predicted octanol–water partition coefficient (Wildman–Crippen LogP) is 5.71. The number of carbonyl (C=O) groups excluding carboxylic acids is 1. The van der Waals surface area contributed by atoms with Crippen LogP contribution >= 0.6 is 0 Å². The number of aliphatic hydroxyl groups is 1. The fourth-order valence-corrected chi connectivity index (χ4v) is 3.86. The van der Waals surface area contributed by atoms with Crippen molar-refractivity contribution >= 4 is 11.6 Å². The Morgan fingerprint density at radius 1 is 1.11 bits per heavy atom. The number of benzene rings is 1. The van der Waals surface area contributed by atoms with E-state index in [-0.39, 0.29) is 24.3 Å². The zero-order chi connectivity index (χ0) is 19.7. The monoisotopic (exact) mass is 385 g/mol. The molecule has 0 heterocycles. The van der Waals surface area contributed by atoms with Gasteiger partial charge in [0.2, 0.25) is 5.91 Å². The molecule has 0 radical (unpaired) electrons. The van der Waals surface area contributed by atoms with E-state index < -0.39 is 17.6 Å². The molecule has 1 saturated carbocycles. The first-order valence-electron chi connectivity index (χ1n) is 10.0. The number of hydrogen-bond donors (Lipinski definition) is 2. The standard InChI is InChI=1S/C21H30F3NO2/c22-21(23,24)19-15-18(25-20(27)13-14-26)12-11-17(19)10-6-2-5-9-16-7-3-1-4-8-16/h11-12,15-16,26H,1-10,13-14H2,(H,25,27). The zero-order valence-electron chi connectivity index (χ0n) is 15.8. The van der Waals surface area contributed by atoms with E-state index in [4.69, 9.17) is 5.11 Å². The number of halogens is 3. The molecule has 0 atom stereocenters. The van der Waals surface area contributed by atoms with Crippen molar-refractivity contribution in [1.82, 2.24) is 0 Å². The fraction of sp³-hybridized carbons (Fsp3) is 0.667. The maximum atomic E-state index is 13.4. The first-order valence-corrected chi connectivity index (χ1v) is 10.0. The number of alkyl halides is 3. The number of carbonyl (C=O) groups is 1. The molecule has 2 N–H and O–H groups in total. The lowest BCUT2D eigenvalue weighted by molar-refractivity contribution is -0.138. The van der Waals surface area contributed by atoms with Gasteiger partial charge in [0.15, 0.2) is 0 Å². The van der Waals surface area contributed by atoms with Crippen molar-refractivity contribution < 1.29 is 23.1 Å². The van der Waals surface area contributed by atoms with Gasteiger partial charge in [0.1, 0.15) is 0 Å². The summed E-state index contributed by atoms with van der Waals surface area (Å²) < 4.78 is 40.1.